The minimum absolute atomic E-state index is 0.255. The van der Waals surface area contributed by atoms with Crippen LogP contribution in [0.25, 0.3) is 0 Å². The second-order valence-electron chi connectivity index (χ2n) is 8.41. The lowest BCUT2D eigenvalue weighted by molar-refractivity contribution is 0.0225. The zero-order chi connectivity index (χ0) is 22.0. The molecule has 1 aromatic carbocycles. The molecule has 0 aliphatic carbocycles. The number of ether oxygens (including phenoxy) is 1. The molecule has 0 radical (unpaired) electrons. The lowest BCUT2D eigenvalue weighted by atomic mass is 10.2. The standard InChI is InChI=1S/C22H25N5O3S/c1-22(2,3)30-21(29)26-10-9-17-18(14-26)31-20(24-17)25-19(28)16-11-23-27(13-16)12-15-7-5-4-6-8-15/h4-8,11,13H,9-10,12,14H2,1-3H3,(H,24,25,28). The highest BCUT2D eigenvalue weighted by Gasteiger charge is 2.28. The normalized spacial score (nSPS) is 13.6. The highest BCUT2D eigenvalue weighted by molar-refractivity contribution is 7.15. The smallest absolute Gasteiger partial charge is 0.410 e. The molecule has 31 heavy (non-hydrogen) atoms. The van der Waals surface area contributed by atoms with Gasteiger partial charge in [0.05, 0.1) is 30.5 Å². The molecule has 9 heteroatoms. The summed E-state index contributed by atoms with van der Waals surface area (Å²) in [5, 5.41) is 7.66. The van der Waals surface area contributed by atoms with E-state index in [2.05, 4.69) is 15.4 Å². The molecule has 8 nitrogen and oxygen atoms in total. The van der Waals surface area contributed by atoms with Crippen molar-refractivity contribution < 1.29 is 14.3 Å². The zero-order valence-corrected chi connectivity index (χ0v) is 18.6. The van der Waals surface area contributed by atoms with Crippen LogP contribution in [0, 0.1) is 0 Å². The Kier molecular flexibility index (Phi) is 5.77. The molecule has 0 spiro atoms. The fraction of sp³-hybridized carbons (Fsp3) is 0.364. The topological polar surface area (TPSA) is 89.3 Å². The molecule has 1 aliphatic rings. The molecule has 3 heterocycles. The molecule has 0 saturated carbocycles. The van der Waals surface area contributed by atoms with Gasteiger partial charge in [-0.25, -0.2) is 9.78 Å². The van der Waals surface area contributed by atoms with E-state index in [-0.39, 0.29) is 12.0 Å². The summed E-state index contributed by atoms with van der Waals surface area (Å²) in [5.74, 6) is -0.255. The van der Waals surface area contributed by atoms with Gasteiger partial charge in [0.1, 0.15) is 5.60 Å². The number of fused-ring (bicyclic) bond motifs is 1. The molecular formula is C22H25N5O3S. The quantitative estimate of drug-likeness (QED) is 0.665. The number of anilines is 1. The van der Waals surface area contributed by atoms with Gasteiger partial charge in [-0.1, -0.05) is 41.7 Å². The number of amides is 2. The second-order valence-corrected chi connectivity index (χ2v) is 9.49. The Hall–Kier alpha value is -3.20. The Labute approximate surface area is 184 Å². The number of nitrogens with one attached hydrogen (secondary N) is 1. The van der Waals surface area contributed by atoms with Crippen molar-refractivity contribution >= 4 is 28.5 Å². The van der Waals surface area contributed by atoms with Crippen molar-refractivity contribution in [2.75, 3.05) is 11.9 Å². The highest BCUT2D eigenvalue weighted by atomic mass is 32.1. The van der Waals surface area contributed by atoms with E-state index in [0.29, 0.717) is 36.8 Å². The first kappa shape index (κ1) is 21.0. The van der Waals surface area contributed by atoms with E-state index in [9.17, 15) is 9.59 Å². The van der Waals surface area contributed by atoms with Gasteiger partial charge in [-0.15, -0.1) is 0 Å². The van der Waals surface area contributed by atoms with E-state index in [1.165, 1.54) is 11.3 Å². The summed E-state index contributed by atoms with van der Waals surface area (Å²) in [7, 11) is 0. The van der Waals surface area contributed by atoms with Gasteiger partial charge < -0.3 is 9.64 Å². The largest absolute Gasteiger partial charge is 0.444 e. The summed E-state index contributed by atoms with van der Waals surface area (Å²) in [5.41, 5.74) is 1.97. The Morgan fingerprint density at radius 2 is 2.00 bits per heavy atom. The van der Waals surface area contributed by atoms with Crippen LogP contribution >= 0.6 is 11.3 Å². The molecule has 1 N–H and O–H groups in total. The van der Waals surface area contributed by atoms with Crippen molar-refractivity contribution in [1.82, 2.24) is 19.7 Å². The number of carbonyl (C=O) groups is 2. The monoisotopic (exact) mass is 439 g/mol. The molecule has 1 aliphatic heterocycles. The maximum atomic E-state index is 12.6. The molecule has 0 saturated heterocycles. The Morgan fingerprint density at radius 3 is 2.74 bits per heavy atom. The van der Waals surface area contributed by atoms with Crippen LogP contribution in [0.15, 0.2) is 42.7 Å². The number of hydrogen-bond donors (Lipinski definition) is 1. The van der Waals surface area contributed by atoms with Crippen molar-refractivity contribution in [3.63, 3.8) is 0 Å². The summed E-state index contributed by atoms with van der Waals surface area (Å²) < 4.78 is 7.19. The zero-order valence-electron chi connectivity index (χ0n) is 17.8. The predicted molar refractivity (Wildman–Crippen MR) is 118 cm³/mol. The maximum Gasteiger partial charge on any atom is 0.410 e. The first-order chi connectivity index (χ1) is 14.8. The van der Waals surface area contributed by atoms with Gasteiger partial charge in [0.25, 0.3) is 5.91 Å². The van der Waals surface area contributed by atoms with E-state index in [0.717, 1.165) is 16.1 Å². The van der Waals surface area contributed by atoms with Crippen LogP contribution in [0.3, 0.4) is 0 Å². The molecule has 0 bridgehead atoms. The van der Waals surface area contributed by atoms with E-state index >= 15 is 0 Å². The molecule has 2 amide bonds. The molecular weight excluding hydrogens is 414 g/mol. The lowest BCUT2D eigenvalue weighted by Gasteiger charge is -2.29. The molecule has 162 valence electrons. The summed E-state index contributed by atoms with van der Waals surface area (Å²) >= 11 is 1.39. The van der Waals surface area contributed by atoms with Crippen molar-refractivity contribution in [3.8, 4) is 0 Å². The molecule has 3 aromatic rings. The number of rotatable bonds is 4. The van der Waals surface area contributed by atoms with Crippen molar-refractivity contribution in [2.24, 2.45) is 0 Å². The fourth-order valence-corrected chi connectivity index (χ4v) is 4.26. The van der Waals surface area contributed by atoms with Crippen molar-refractivity contribution in [2.45, 2.75) is 45.9 Å². The summed E-state index contributed by atoms with van der Waals surface area (Å²) in [6.45, 7) is 7.13. The predicted octanol–water partition coefficient (Wildman–Crippen LogP) is 3.93. The van der Waals surface area contributed by atoms with Crippen LogP contribution in [0.4, 0.5) is 9.93 Å². The Bertz CT molecular complexity index is 1080. The van der Waals surface area contributed by atoms with E-state index < -0.39 is 5.60 Å². The highest BCUT2D eigenvalue weighted by Crippen LogP contribution is 2.29. The van der Waals surface area contributed by atoms with Gasteiger partial charge >= 0.3 is 6.09 Å². The molecule has 0 fully saturated rings. The fourth-order valence-electron chi connectivity index (χ4n) is 3.24. The van der Waals surface area contributed by atoms with Crippen LogP contribution in [-0.2, 0) is 24.2 Å². The summed E-state index contributed by atoms with van der Waals surface area (Å²) in [4.78, 5) is 32.2. The number of thiazole rings is 1. The van der Waals surface area contributed by atoms with Gasteiger partial charge in [-0.2, -0.15) is 5.10 Å². The minimum Gasteiger partial charge on any atom is -0.444 e. The number of aromatic nitrogens is 3. The molecule has 0 atom stereocenters. The number of hydrogen-bond acceptors (Lipinski definition) is 6. The van der Waals surface area contributed by atoms with Crippen LogP contribution in [0.1, 0.15) is 47.3 Å². The average molecular weight is 440 g/mol. The number of nitrogens with zero attached hydrogens (tertiary/aromatic N) is 4. The van der Waals surface area contributed by atoms with Crippen LogP contribution in [0.2, 0.25) is 0 Å². The van der Waals surface area contributed by atoms with Gasteiger partial charge in [0.2, 0.25) is 0 Å². The van der Waals surface area contributed by atoms with E-state index in [1.54, 1.807) is 22.0 Å². The third kappa shape index (κ3) is 5.29. The summed E-state index contributed by atoms with van der Waals surface area (Å²) in [6, 6.07) is 9.94. The first-order valence-electron chi connectivity index (χ1n) is 10.1. The third-order valence-corrected chi connectivity index (χ3v) is 5.68. The third-order valence-electron chi connectivity index (χ3n) is 4.69. The lowest BCUT2D eigenvalue weighted by Crippen LogP contribution is -2.39. The summed E-state index contributed by atoms with van der Waals surface area (Å²) in [6.07, 6.45) is 3.58. The van der Waals surface area contributed by atoms with Crippen LogP contribution < -0.4 is 5.32 Å². The molecule has 2 aromatic heterocycles. The van der Waals surface area contributed by atoms with Crippen molar-refractivity contribution in [3.05, 3.63) is 64.4 Å². The number of benzene rings is 1. The van der Waals surface area contributed by atoms with Crippen LogP contribution in [-0.4, -0.2) is 43.8 Å². The van der Waals surface area contributed by atoms with Gasteiger partial charge in [-0.3, -0.25) is 14.8 Å². The minimum atomic E-state index is -0.533. The SMILES string of the molecule is CC(C)(C)OC(=O)N1CCc2nc(NC(=O)c3cnn(Cc4ccccc4)c3)sc2C1. The van der Waals surface area contributed by atoms with Crippen LogP contribution in [0.5, 0.6) is 0 Å². The Balaban J connectivity index is 1.38. The van der Waals surface area contributed by atoms with Gasteiger partial charge in [0.15, 0.2) is 5.13 Å². The maximum absolute atomic E-state index is 12.6. The van der Waals surface area contributed by atoms with E-state index in [4.69, 9.17) is 4.74 Å². The molecule has 4 rings (SSSR count). The Morgan fingerprint density at radius 1 is 1.23 bits per heavy atom. The van der Waals surface area contributed by atoms with Gasteiger partial charge in [-0.05, 0) is 26.3 Å². The van der Waals surface area contributed by atoms with Gasteiger partial charge in [0, 0.05) is 24.0 Å². The van der Waals surface area contributed by atoms with Crippen molar-refractivity contribution in [1.29, 1.82) is 0 Å². The van der Waals surface area contributed by atoms with E-state index in [1.807, 2.05) is 51.1 Å². The first-order valence-corrected chi connectivity index (χ1v) is 10.9. The second kappa shape index (κ2) is 8.50. The average Bonchev–Trinajstić information content (AvgIpc) is 3.33. The number of carbonyl (C=O) groups excluding carboxylic acids is 2. The molecule has 0 unspecified atom stereocenters.